The molecule has 3 unspecified atom stereocenters. The molecular formula is C25H30O3. The molecule has 1 aliphatic heterocycles. The minimum absolute atomic E-state index is 0.00601. The van der Waals surface area contributed by atoms with E-state index < -0.39 is 0 Å². The third-order valence-corrected chi connectivity index (χ3v) is 10.7. The maximum Gasteiger partial charge on any atom is 0.306 e. The summed E-state index contributed by atoms with van der Waals surface area (Å²) in [7, 11) is 0. The van der Waals surface area contributed by atoms with E-state index in [-0.39, 0.29) is 22.4 Å². The summed E-state index contributed by atoms with van der Waals surface area (Å²) < 4.78 is 6.18. The van der Waals surface area contributed by atoms with Crippen molar-refractivity contribution >= 4 is 11.8 Å². The molecule has 0 bridgehead atoms. The van der Waals surface area contributed by atoms with E-state index in [1.165, 1.54) is 31.3 Å². The van der Waals surface area contributed by atoms with Gasteiger partial charge in [0.05, 0.1) is 0 Å². The maximum atomic E-state index is 12.3. The number of esters is 1. The number of carbonyl (C=O) groups is 2. The molecule has 7 aliphatic rings. The van der Waals surface area contributed by atoms with Crippen molar-refractivity contribution < 1.29 is 14.3 Å². The van der Waals surface area contributed by atoms with Crippen LogP contribution in [-0.4, -0.2) is 17.4 Å². The topological polar surface area (TPSA) is 43.4 Å². The van der Waals surface area contributed by atoms with Crippen molar-refractivity contribution in [1.82, 2.24) is 0 Å². The Balaban J connectivity index is 1.38. The molecule has 3 heteroatoms. The molecule has 0 radical (unpaired) electrons. The normalized spacial score (nSPS) is 56.6. The predicted molar refractivity (Wildman–Crippen MR) is 104 cm³/mol. The molecule has 0 aromatic rings. The van der Waals surface area contributed by atoms with E-state index in [9.17, 15) is 9.59 Å². The zero-order valence-electron chi connectivity index (χ0n) is 17.0. The number of fused-ring (bicyclic) bond motifs is 10. The second-order valence-corrected chi connectivity index (χ2v) is 11.7. The van der Waals surface area contributed by atoms with Gasteiger partial charge in [-0.15, -0.1) is 0 Å². The molecule has 0 aromatic carbocycles. The van der Waals surface area contributed by atoms with Crippen LogP contribution in [0.2, 0.25) is 0 Å². The lowest BCUT2D eigenvalue weighted by Gasteiger charge is -2.59. The number of hydrogen-bond donors (Lipinski definition) is 0. The van der Waals surface area contributed by atoms with Gasteiger partial charge in [-0.3, -0.25) is 9.59 Å². The number of ketones is 1. The van der Waals surface area contributed by atoms with Crippen molar-refractivity contribution in [2.45, 2.75) is 70.8 Å². The Labute approximate surface area is 167 Å². The lowest BCUT2D eigenvalue weighted by Crippen LogP contribution is -2.56. The van der Waals surface area contributed by atoms with Crippen molar-refractivity contribution in [3.63, 3.8) is 0 Å². The molecule has 3 nitrogen and oxygen atoms in total. The van der Waals surface area contributed by atoms with E-state index in [0.29, 0.717) is 47.7 Å². The summed E-state index contributed by atoms with van der Waals surface area (Å²) in [5, 5.41) is 0. The molecule has 28 heavy (non-hydrogen) atoms. The van der Waals surface area contributed by atoms with E-state index in [1.807, 2.05) is 0 Å². The second-order valence-electron chi connectivity index (χ2n) is 11.7. The summed E-state index contributed by atoms with van der Waals surface area (Å²) in [6, 6.07) is 0. The monoisotopic (exact) mass is 378 g/mol. The highest BCUT2D eigenvalue weighted by Gasteiger charge is 2.79. The highest BCUT2D eigenvalue weighted by molar-refractivity contribution is 5.92. The first-order chi connectivity index (χ1) is 13.3. The molecule has 1 saturated heterocycles. The Morgan fingerprint density at radius 2 is 1.86 bits per heavy atom. The molecule has 1 heterocycles. The van der Waals surface area contributed by atoms with Crippen LogP contribution in [0, 0.1) is 45.8 Å². The molecule has 0 N–H and O–H groups in total. The van der Waals surface area contributed by atoms with E-state index in [2.05, 4.69) is 32.1 Å². The van der Waals surface area contributed by atoms with Crippen molar-refractivity contribution in [2.24, 2.45) is 45.8 Å². The molecule has 5 fully saturated rings. The Hall–Kier alpha value is -1.38. The van der Waals surface area contributed by atoms with Gasteiger partial charge in [0.1, 0.15) is 5.60 Å². The Morgan fingerprint density at radius 3 is 2.57 bits per heavy atom. The molecule has 148 valence electrons. The van der Waals surface area contributed by atoms with Gasteiger partial charge >= 0.3 is 5.97 Å². The van der Waals surface area contributed by atoms with E-state index in [1.54, 1.807) is 0 Å². The fraction of sp³-hybridized carbons (Fsp3) is 0.760. The van der Waals surface area contributed by atoms with E-state index in [0.717, 1.165) is 18.8 Å². The number of allylic oxidation sites excluding steroid dienone is 3. The van der Waals surface area contributed by atoms with Crippen LogP contribution in [0.15, 0.2) is 23.8 Å². The number of carbonyl (C=O) groups excluding carboxylic acids is 2. The summed E-state index contributed by atoms with van der Waals surface area (Å²) >= 11 is 0. The van der Waals surface area contributed by atoms with E-state index >= 15 is 0 Å². The van der Waals surface area contributed by atoms with Crippen molar-refractivity contribution in [1.29, 1.82) is 0 Å². The number of ether oxygens (including phenoxy) is 1. The zero-order valence-corrected chi connectivity index (χ0v) is 17.0. The summed E-state index contributed by atoms with van der Waals surface area (Å²) in [6.07, 6.45) is 15.4. The summed E-state index contributed by atoms with van der Waals surface area (Å²) in [5.74, 6) is 3.57. The molecule has 0 aromatic heterocycles. The number of rotatable bonds is 0. The van der Waals surface area contributed by atoms with Crippen LogP contribution in [0.5, 0.6) is 0 Å². The molecule has 8 atom stereocenters. The lowest BCUT2D eigenvalue weighted by atomic mass is 9.45. The van der Waals surface area contributed by atoms with Gasteiger partial charge in [-0.1, -0.05) is 31.6 Å². The Kier molecular flexibility index (Phi) is 2.65. The molecule has 6 aliphatic carbocycles. The largest absolute Gasteiger partial charge is 0.458 e. The van der Waals surface area contributed by atoms with E-state index in [4.69, 9.17) is 4.74 Å². The Bertz CT molecular complexity index is 893. The van der Waals surface area contributed by atoms with Gasteiger partial charge in [-0.25, -0.2) is 0 Å². The van der Waals surface area contributed by atoms with Crippen LogP contribution in [0.25, 0.3) is 0 Å². The minimum Gasteiger partial charge on any atom is -0.458 e. The van der Waals surface area contributed by atoms with Gasteiger partial charge in [0.15, 0.2) is 5.78 Å². The average Bonchev–Trinajstić information content (AvgIpc) is 3.55. The number of hydrogen-bond acceptors (Lipinski definition) is 3. The zero-order chi connectivity index (χ0) is 19.1. The highest BCUT2D eigenvalue weighted by atomic mass is 16.6. The van der Waals surface area contributed by atoms with Gasteiger partial charge in [0, 0.05) is 24.2 Å². The van der Waals surface area contributed by atoms with Crippen molar-refractivity contribution in [3.05, 3.63) is 23.8 Å². The van der Waals surface area contributed by atoms with Crippen LogP contribution >= 0.6 is 0 Å². The summed E-state index contributed by atoms with van der Waals surface area (Å²) in [5.41, 5.74) is 1.74. The van der Waals surface area contributed by atoms with Crippen LogP contribution in [0.4, 0.5) is 0 Å². The average molecular weight is 379 g/mol. The first kappa shape index (κ1) is 16.4. The van der Waals surface area contributed by atoms with Gasteiger partial charge in [0.2, 0.25) is 0 Å². The highest BCUT2D eigenvalue weighted by Crippen LogP contribution is 2.80. The van der Waals surface area contributed by atoms with Crippen molar-refractivity contribution in [3.8, 4) is 0 Å². The lowest BCUT2D eigenvalue weighted by molar-refractivity contribution is -0.162. The van der Waals surface area contributed by atoms with Gasteiger partial charge < -0.3 is 4.74 Å². The summed E-state index contributed by atoms with van der Waals surface area (Å²) in [4.78, 5) is 24.5. The Morgan fingerprint density at radius 1 is 1.04 bits per heavy atom. The molecular weight excluding hydrogens is 348 g/mol. The van der Waals surface area contributed by atoms with Crippen LogP contribution in [0.3, 0.4) is 0 Å². The summed E-state index contributed by atoms with van der Waals surface area (Å²) in [6.45, 7) is 4.87. The van der Waals surface area contributed by atoms with Gasteiger partial charge in [-0.2, -0.15) is 0 Å². The third kappa shape index (κ3) is 1.60. The van der Waals surface area contributed by atoms with Gasteiger partial charge in [-0.05, 0) is 79.1 Å². The third-order valence-electron chi connectivity index (χ3n) is 10.7. The molecule has 2 spiro atoms. The quantitative estimate of drug-likeness (QED) is 0.456. The SMILES string of the molecule is C[C@]12CCC(=O)C=C1C1(CC1)CC1C2C=C[C@@]2(C)C1[C@@H]1C[C@@H]1[C@@]21CCC(=O)O1. The smallest absolute Gasteiger partial charge is 0.306 e. The minimum atomic E-state index is -0.225. The molecule has 0 amide bonds. The first-order valence-corrected chi connectivity index (χ1v) is 11.5. The molecule has 7 rings (SSSR count). The van der Waals surface area contributed by atoms with Crippen LogP contribution in [0.1, 0.15) is 65.2 Å². The van der Waals surface area contributed by atoms with Crippen LogP contribution < -0.4 is 0 Å². The standard InChI is InChI=1S/C25H30O3/c1-22-6-3-14(26)11-19(22)24(9-10-24)13-16-17(22)4-7-23(2)21(16)15-12-18(15)25(23)8-5-20(27)28-25/h4,7,11,15-18,21H,3,5-6,8-10,12-13H2,1-2H3/t15-,16?,17?,18+,21?,22-,23+,25+/m1/s1. The maximum absolute atomic E-state index is 12.3. The molecule has 4 saturated carbocycles. The fourth-order valence-corrected chi connectivity index (χ4v) is 9.34. The van der Waals surface area contributed by atoms with Crippen LogP contribution in [-0.2, 0) is 14.3 Å². The predicted octanol–water partition coefficient (Wildman–Crippen LogP) is 4.62. The fourth-order valence-electron chi connectivity index (χ4n) is 9.34. The van der Waals surface area contributed by atoms with Gasteiger partial charge in [0.25, 0.3) is 0 Å². The van der Waals surface area contributed by atoms with Crippen molar-refractivity contribution in [2.75, 3.05) is 0 Å². The second kappa shape index (κ2) is 4.52. The first-order valence-electron chi connectivity index (χ1n) is 11.5.